The lowest BCUT2D eigenvalue weighted by Crippen LogP contribution is -1.89. The molecular weight excluding hydrogens is 326 g/mol. The van der Waals surface area contributed by atoms with E-state index in [1.165, 1.54) is 12.1 Å². The van der Waals surface area contributed by atoms with Crippen molar-refractivity contribution in [1.29, 1.82) is 0 Å². The molecule has 0 spiro atoms. The van der Waals surface area contributed by atoms with Crippen LogP contribution in [0.25, 0.3) is 22.3 Å². The van der Waals surface area contributed by atoms with Crippen LogP contribution in [-0.2, 0) is 0 Å². The van der Waals surface area contributed by atoms with Gasteiger partial charge in [0.1, 0.15) is 11.6 Å². The second kappa shape index (κ2) is 8.07. The van der Waals surface area contributed by atoms with Gasteiger partial charge in [0.05, 0.1) is 0 Å². The van der Waals surface area contributed by atoms with Crippen LogP contribution in [0.3, 0.4) is 0 Å². The number of benzene rings is 3. The Kier molecular flexibility index (Phi) is 6.10. The lowest BCUT2D eigenvalue weighted by atomic mass is 9.99. The quantitative estimate of drug-likeness (QED) is 0.458. The predicted molar refractivity (Wildman–Crippen MR) is 98.3 cm³/mol. The van der Waals surface area contributed by atoms with Crippen molar-refractivity contribution in [3.63, 3.8) is 0 Å². The second-order valence-corrected chi connectivity index (χ2v) is 5.62. The molecule has 0 saturated heterocycles. The van der Waals surface area contributed by atoms with E-state index in [4.69, 9.17) is 11.6 Å². The van der Waals surface area contributed by atoms with E-state index < -0.39 is 5.82 Å². The molecule has 0 radical (unpaired) electrons. The Morgan fingerprint density at radius 3 is 1.75 bits per heavy atom. The van der Waals surface area contributed by atoms with E-state index in [0.29, 0.717) is 21.7 Å². The highest BCUT2D eigenvalue weighted by atomic mass is 35.5. The van der Waals surface area contributed by atoms with Gasteiger partial charge in [-0.1, -0.05) is 67.4 Å². The molecule has 124 valence electrons. The Balaban J connectivity index is 0.00000100. The van der Waals surface area contributed by atoms with E-state index >= 15 is 0 Å². The topological polar surface area (TPSA) is 0 Å². The van der Waals surface area contributed by atoms with Crippen molar-refractivity contribution in [2.75, 3.05) is 0 Å². The summed E-state index contributed by atoms with van der Waals surface area (Å²) in [7, 11) is 0. The van der Waals surface area contributed by atoms with Crippen LogP contribution < -0.4 is 0 Å². The average molecular weight is 345 g/mol. The highest BCUT2D eigenvalue weighted by molar-refractivity contribution is 6.30. The standard InChI is InChI=1S/C19H13ClF2.C2H6/c1-12-2-4-13(5-3-12)16-8-6-14(10-18(16)21)17-9-7-15(20)11-19(17)22;1-2/h2-11H,1H3;1-2H3. The van der Waals surface area contributed by atoms with Gasteiger partial charge in [0, 0.05) is 16.1 Å². The molecule has 0 aromatic heterocycles. The average Bonchev–Trinajstić information content (AvgIpc) is 2.58. The van der Waals surface area contributed by atoms with Gasteiger partial charge in [0.25, 0.3) is 0 Å². The fourth-order valence-corrected chi connectivity index (χ4v) is 2.53. The minimum absolute atomic E-state index is 0.318. The SMILES string of the molecule is CC.Cc1ccc(-c2ccc(-c3ccc(Cl)cc3F)cc2F)cc1. The molecule has 0 aliphatic rings. The molecule has 0 aliphatic heterocycles. The lowest BCUT2D eigenvalue weighted by Gasteiger charge is -2.08. The molecule has 0 bridgehead atoms. The number of aryl methyl sites for hydroxylation is 1. The lowest BCUT2D eigenvalue weighted by molar-refractivity contribution is 0.626. The fourth-order valence-electron chi connectivity index (χ4n) is 2.37. The van der Waals surface area contributed by atoms with Gasteiger partial charge in [-0.15, -0.1) is 0 Å². The van der Waals surface area contributed by atoms with Crippen molar-refractivity contribution >= 4 is 11.6 Å². The Morgan fingerprint density at radius 1 is 0.667 bits per heavy atom. The molecule has 0 fully saturated rings. The normalized spacial score (nSPS) is 10.1. The highest BCUT2D eigenvalue weighted by Gasteiger charge is 2.10. The van der Waals surface area contributed by atoms with Gasteiger partial charge in [-0.3, -0.25) is 0 Å². The molecule has 0 amide bonds. The summed E-state index contributed by atoms with van der Waals surface area (Å²) in [6.07, 6.45) is 0. The minimum atomic E-state index is -0.463. The Morgan fingerprint density at radius 2 is 1.17 bits per heavy atom. The van der Waals surface area contributed by atoms with Gasteiger partial charge < -0.3 is 0 Å². The van der Waals surface area contributed by atoms with E-state index in [0.717, 1.165) is 11.1 Å². The molecule has 0 unspecified atom stereocenters. The molecule has 0 aliphatic carbocycles. The van der Waals surface area contributed by atoms with Crippen molar-refractivity contribution in [3.8, 4) is 22.3 Å². The third-order valence-electron chi connectivity index (χ3n) is 3.57. The number of hydrogen-bond donors (Lipinski definition) is 0. The van der Waals surface area contributed by atoms with Crippen LogP contribution >= 0.6 is 11.6 Å². The van der Waals surface area contributed by atoms with E-state index in [2.05, 4.69) is 0 Å². The van der Waals surface area contributed by atoms with Crippen molar-refractivity contribution < 1.29 is 8.78 Å². The van der Waals surface area contributed by atoms with Crippen LogP contribution in [0.2, 0.25) is 5.02 Å². The highest BCUT2D eigenvalue weighted by Crippen LogP contribution is 2.30. The Bertz CT molecular complexity index is 824. The summed E-state index contributed by atoms with van der Waals surface area (Å²) in [4.78, 5) is 0. The van der Waals surface area contributed by atoms with Gasteiger partial charge in [-0.05, 0) is 42.3 Å². The molecule has 0 saturated carbocycles. The van der Waals surface area contributed by atoms with Crippen LogP contribution in [0.4, 0.5) is 8.78 Å². The van der Waals surface area contributed by atoms with Crippen molar-refractivity contribution in [1.82, 2.24) is 0 Å². The first-order valence-electron chi connectivity index (χ1n) is 7.86. The summed E-state index contributed by atoms with van der Waals surface area (Å²) in [5.74, 6) is -0.842. The van der Waals surface area contributed by atoms with E-state index in [1.54, 1.807) is 24.3 Å². The van der Waals surface area contributed by atoms with Crippen LogP contribution in [0, 0.1) is 18.6 Å². The van der Waals surface area contributed by atoms with Crippen molar-refractivity contribution in [2.24, 2.45) is 0 Å². The first-order valence-corrected chi connectivity index (χ1v) is 8.24. The Hall–Kier alpha value is -2.19. The summed E-state index contributed by atoms with van der Waals surface area (Å²) >= 11 is 5.74. The summed E-state index contributed by atoms with van der Waals surface area (Å²) < 4.78 is 28.3. The molecule has 3 rings (SSSR count). The largest absolute Gasteiger partial charge is 0.206 e. The zero-order valence-electron chi connectivity index (χ0n) is 13.9. The van der Waals surface area contributed by atoms with E-state index in [1.807, 2.05) is 45.0 Å². The summed E-state index contributed by atoms with van der Waals surface area (Å²) in [6.45, 7) is 5.98. The third-order valence-corrected chi connectivity index (χ3v) is 3.81. The first-order chi connectivity index (χ1) is 11.5. The molecule has 0 nitrogen and oxygen atoms in total. The number of rotatable bonds is 2. The van der Waals surface area contributed by atoms with Crippen LogP contribution in [-0.4, -0.2) is 0 Å². The molecule has 0 N–H and O–H groups in total. The summed E-state index contributed by atoms with van der Waals surface area (Å²) in [6, 6.07) is 16.7. The van der Waals surface area contributed by atoms with Crippen molar-refractivity contribution in [3.05, 3.63) is 82.9 Å². The number of hydrogen-bond acceptors (Lipinski definition) is 0. The minimum Gasteiger partial charge on any atom is -0.206 e. The third kappa shape index (κ3) is 4.01. The van der Waals surface area contributed by atoms with Gasteiger partial charge in [0.2, 0.25) is 0 Å². The van der Waals surface area contributed by atoms with Crippen LogP contribution in [0.15, 0.2) is 60.7 Å². The maximum absolute atomic E-state index is 14.4. The molecule has 3 heteroatoms. The fraction of sp³-hybridized carbons (Fsp3) is 0.143. The van der Waals surface area contributed by atoms with Gasteiger partial charge in [0.15, 0.2) is 0 Å². The molecule has 0 atom stereocenters. The zero-order chi connectivity index (χ0) is 17.7. The van der Waals surface area contributed by atoms with Crippen LogP contribution in [0.5, 0.6) is 0 Å². The number of halogens is 3. The van der Waals surface area contributed by atoms with E-state index in [9.17, 15) is 8.78 Å². The van der Waals surface area contributed by atoms with Gasteiger partial charge in [-0.2, -0.15) is 0 Å². The van der Waals surface area contributed by atoms with Crippen molar-refractivity contribution in [2.45, 2.75) is 20.8 Å². The molecule has 0 heterocycles. The monoisotopic (exact) mass is 344 g/mol. The van der Waals surface area contributed by atoms with Crippen LogP contribution in [0.1, 0.15) is 19.4 Å². The maximum atomic E-state index is 14.4. The predicted octanol–water partition coefficient (Wildman–Crippen LogP) is 7.29. The van der Waals surface area contributed by atoms with Gasteiger partial charge >= 0.3 is 0 Å². The maximum Gasteiger partial charge on any atom is 0.132 e. The van der Waals surface area contributed by atoms with E-state index in [-0.39, 0.29) is 5.82 Å². The molecule has 3 aromatic carbocycles. The molecular formula is C21H19ClF2. The summed E-state index contributed by atoms with van der Waals surface area (Å²) in [5, 5.41) is 0.318. The summed E-state index contributed by atoms with van der Waals surface area (Å²) in [5.41, 5.74) is 3.23. The Labute approximate surface area is 146 Å². The second-order valence-electron chi connectivity index (χ2n) is 5.18. The molecule has 24 heavy (non-hydrogen) atoms. The van der Waals surface area contributed by atoms with Gasteiger partial charge in [-0.25, -0.2) is 8.78 Å². The molecule has 3 aromatic rings. The zero-order valence-corrected chi connectivity index (χ0v) is 14.7. The first kappa shape index (κ1) is 18.2. The smallest absolute Gasteiger partial charge is 0.132 e.